The van der Waals surface area contributed by atoms with E-state index in [1.807, 2.05) is 0 Å². The Morgan fingerprint density at radius 3 is 1.18 bits per heavy atom. The summed E-state index contributed by atoms with van der Waals surface area (Å²) in [5.41, 5.74) is 13.9. The second-order valence-electron chi connectivity index (χ2n) is 17.1. The van der Waals surface area contributed by atoms with Crippen molar-refractivity contribution in [3.05, 3.63) is 130 Å². The minimum absolute atomic E-state index is 0.629. The molecule has 55 heavy (non-hydrogen) atoms. The molecule has 2 radical (unpaired) electrons. The van der Waals surface area contributed by atoms with Crippen molar-refractivity contribution in [2.45, 2.75) is 119 Å². The quantitative estimate of drug-likeness (QED) is 0.109. The summed E-state index contributed by atoms with van der Waals surface area (Å²) in [5.74, 6) is 1.26. The van der Waals surface area contributed by atoms with Gasteiger partial charge in [-0.15, -0.1) is 69.1 Å². The second kappa shape index (κ2) is 21.1. The van der Waals surface area contributed by atoms with E-state index in [0.29, 0.717) is 11.8 Å². The van der Waals surface area contributed by atoms with Gasteiger partial charge in [-0.25, -0.2) is 0 Å². The standard InChI is InChI=1S/2C21H23.C6H18BNSi2.2ClH.Zr/c2*1-5-14(2)18-12-17-9-7-11-20(21(17)13-18)19-10-6-8-15(3)16(19)4;1-9(2,3)8(7)10(4,5)6;;;/h2*6-14H,5H2,1-4H3;1-6H3;2*1H;/q2*-1;;;;+4/p-2. The Morgan fingerprint density at radius 1 is 0.582 bits per heavy atom. The van der Waals surface area contributed by atoms with Gasteiger partial charge in [0.15, 0.2) is 7.98 Å². The second-order valence-corrected chi connectivity index (χ2v) is 30.9. The van der Waals surface area contributed by atoms with E-state index in [-0.39, 0.29) is 0 Å². The number of halogens is 2. The molecule has 6 aromatic rings. The Morgan fingerprint density at radius 2 is 0.891 bits per heavy atom. The molecule has 1 nitrogen and oxygen atoms in total. The number of benzene rings is 4. The van der Waals surface area contributed by atoms with Gasteiger partial charge in [0.05, 0.1) is 0 Å². The first kappa shape index (κ1) is 47.4. The van der Waals surface area contributed by atoms with E-state index in [4.69, 9.17) is 25.0 Å². The summed E-state index contributed by atoms with van der Waals surface area (Å²) in [5, 5.41) is 5.51. The molecule has 0 aliphatic carbocycles. The van der Waals surface area contributed by atoms with Crippen LogP contribution in [0.1, 0.15) is 85.8 Å². The molecule has 0 aliphatic rings. The van der Waals surface area contributed by atoms with Gasteiger partial charge in [-0.3, -0.25) is 0 Å². The van der Waals surface area contributed by atoms with Crippen LogP contribution < -0.4 is 0 Å². The number of aryl methyl sites for hydroxylation is 2. The van der Waals surface area contributed by atoms with E-state index in [9.17, 15) is 0 Å². The van der Waals surface area contributed by atoms with Gasteiger partial charge >= 0.3 is 37.9 Å². The van der Waals surface area contributed by atoms with Crippen molar-refractivity contribution in [1.29, 1.82) is 0 Å². The zero-order valence-electron chi connectivity index (χ0n) is 36.1. The summed E-state index contributed by atoms with van der Waals surface area (Å²) in [6.45, 7) is 31.7. The van der Waals surface area contributed by atoms with Crippen molar-refractivity contribution in [2.75, 3.05) is 0 Å². The van der Waals surface area contributed by atoms with Crippen LogP contribution in [-0.4, -0.2) is 28.6 Å². The van der Waals surface area contributed by atoms with Gasteiger partial charge < -0.3 is 4.14 Å². The Balaban J connectivity index is 0.000000227. The van der Waals surface area contributed by atoms with E-state index in [0.717, 1.165) is 0 Å². The van der Waals surface area contributed by atoms with Gasteiger partial charge in [0, 0.05) is 0 Å². The molecule has 0 fully saturated rings. The van der Waals surface area contributed by atoms with Crippen LogP contribution in [0.15, 0.2) is 97.1 Å². The molecule has 0 N–H and O–H groups in total. The van der Waals surface area contributed by atoms with Gasteiger partial charge in [-0.1, -0.05) is 139 Å². The van der Waals surface area contributed by atoms with Crippen LogP contribution in [0.2, 0.25) is 39.3 Å². The Hall–Kier alpha value is -1.98. The first-order valence-electron chi connectivity index (χ1n) is 19.8. The maximum atomic E-state index is 5.98. The average Bonchev–Trinajstić information content (AvgIpc) is 3.79. The van der Waals surface area contributed by atoms with Crippen molar-refractivity contribution in [3.63, 3.8) is 0 Å². The Labute approximate surface area is 357 Å². The molecule has 0 saturated heterocycles. The predicted octanol–water partition coefficient (Wildman–Crippen LogP) is 16.1. The monoisotopic (exact) mass is 881 g/mol. The Bertz CT molecular complexity index is 1970. The van der Waals surface area contributed by atoms with E-state index < -0.39 is 37.3 Å². The van der Waals surface area contributed by atoms with Crippen LogP contribution in [0.25, 0.3) is 43.8 Å². The fourth-order valence-electron chi connectivity index (χ4n) is 7.12. The molecular formula is C48H64BCl2NSi2Zr. The van der Waals surface area contributed by atoms with E-state index in [1.54, 1.807) is 0 Å². The third-order valence-corrected chi connectivity index (χ3v) is 18.1. The van der Waals surface area contributed by atoms with Gasteiger partial charge in [0.25, 0.3) is 0 Å². The summed E-state index contributed by atoms with van der Waals surface area (Å²) >= 11 is -0.826. The van der Waals surface area contributed by atoms with Crippen LogP contribution in [-0.2, 0) is 20.8 Å². The summed E-state index contributed by atoms with van der Waals surface area (Å²) in [7, 11) is 13.4. The van der Waals surface area contributed by atoms with Gasteiger partial charge in [-0.05, 0) is 72.9 Å². The van der Waals surface area contributed by atoms with Gasteiger partial charge in [-0.2, -0.15) is 12.1 Å². The first-order valence-corrected chi connectivity index (χ1v) is 33.1. The molecule has 0 bridgehead atoms. The molecule has 2 atom stereocenters. The Kier molecular flexibility index (Phi) is 18.2. The SMILES string of the molecule is CCC(C)c1cc2c(-c3cccc(C)c3C)cccc2[cH-]1.CCC(C)c1cc2c(-c3cccc(C)c3C)cccc2[cH-]1.[B]N([Si](C)(C)C)[Si](C)(C)C.[Cl][Zr+2][Cl]. The number of fused-ring (bicyclic) bond motifs is 2. The summed E-state index contributed by atoms with van der Waals surface area (Å²) in [6.07, 6.45) is 2.38. The van der Waals surface area contributed by atoms with Gasteiger partial charge in [0.2, 0.25) is 0 Å². The fourth-order valence-corrected chi connectivity index (χ4v) is 15.2. The first-order chi connectivity index (χ1) is 25.8. The summed E-state index contributed by atoms with van der Waals surface area (Å²) < 4.78 is 2.15. The van der Waals surface area contributed by atoms with Crippen LogP contribution in [0.3, 0.4) is 0 Å². The van der Waals surface area contributed by atoms with Crippen LogP contribution in [0.4, 0.5) is 0 Å². The molecule has 0 spiro atoms. The van der Waals surface area contributed by atoms with Crippen LogP contribution >= 0.6 is 17.0 Å². The molecular weight excluding hydrogens is 820 g/mol. The van der Waals surface area contributed by atoms with E-state index in [2.05, 4.69) is 196 Å². The van der Waals surface area contributed by atoms with Crippen LogP contribution in [0.5, 0.6) is 0 Å². The zero-order chi connectivity index (χ0) is 41.2. The van der Waals surface area contributed by atoms with Crippen molar-refractivity contribution < 1.29 is 20.8 Å². The van der Waals surface area contributed by atoms with Crippen molar-refractivity contribution >= 4 is 63.0 Å². The van der Waals surface area contributed by atoms with E-state index >= 15 is 0 Å². The molecule has 7 heteroatoms. The van der Waals surface area contributed by atoms with Crippen molar-refractivity contribution in [2.24, 2.45) is 0 Å². The normalized spacial score (nSPS) is 12.5. The molecule has 2 unspecified atom stereocenters. The molecule has 0 saturated carbocycles. The molecule has 290 valence electrons. The number of rotatable bonds is 8. The topological polar surface area (TPSA) is 3.24 Å². The third-order valence-electron chi connectivity index (χ3n) is 11.1. The maximum absolute atomic E-state index is 5.98. The fraction of sp³-hybridized carbons (Fsp3) is 0.375. The average molecular weight is 884 g/mol. The molecule has 0 aromatic heterocycles. The zero-order valence-corrected chi connectivity index (χ0v) is 42.1. The molecule has 0 amide bonds. The molecule has 0 aliphatic heterocycles. The summed E-state index contributed by atoms with van der Waals surface area (Å²) in [6, 6.07) is 36.0. The van der Waals surface area contributed by atoms with Crippen molar-refractivity contribution in [3.8, 4) is 22.3 Å². The molecule has 6 aromatic carbocycles. The molecule has 6 rings (SSSR count). The number of hydrogen-bond donors (Lipinski definition) is 0. The van der Waals surface area contributed by atoms with Crippen molar-refractivity contribution in [1.82, 2.24) is 4.14 Å². The number of nitrogens with zero attached hydrogens (tertiary/aromatic N) is 1. The predicted molar refractivity (Wildman–Crippen MR) is 252 cm³/mol. The molecule has 0 heterocycles. The summed E-state index contributed by atoms with van der Waals surface area (Å²) in [4.78, 5) is 0. The van der Waals surface area contributed by atoms with Gasteiger partial charge in [0.1, 0.15) is 16.5 Å². The minimum atomic E-state index is -1.22. The number of hydrogen-bond acceptors (Lipinski definition) is 1. The van der Waals surface area contributed by atoms with E-state index in [1.165, 1.54) is 90.0 Å². The third kappa shape index (κ3) is 12.5. The van der Waals surface area contributed by atoms with Crippen LogP contribution in [0, 0.1) is 27.7 Å².